The monoisotopic (exact) mass is 704 g/mol. The van der Waals surface area contributed by atoms with Gasteiger partial charge >= 0.3 is 15.6 Å². The van der Waals surface area contributed by atoms with Crippen LogP contribution in [0.4, 0.5) is 0 Å². The van der Waals surface area contributed by atoms with Gasteiger partial charge in [0.05, 0.1) is 0 Å². The van der Waals surface area contributed by atoms with E-state index < -0.39 is 15.6 Å². The van der Waals surface area contributed by atoms with E-state index in [9.17, 15) is 9.13 Å². The number of rotatable bonds is 10. The first kappa shape index (κ1) is 37.1. The molecule has 2 N–H and O–H groups in total. The van der Waals surface area contributed by atoms with Crippen LogP contribution in [0.2, 0.25) is 0 Å². The van der Waals surface area contributed by atoms with Crippen molar-refractivity contribution >= 4 is 15.6 Å². The largest absolute Gasteiger partial charge is 0.598 e. The van der Waals surface area contributed by atoms with Gasteiger partial charge in [-0.05, 0) is 112 Å². The Morgan fingerprint density at radius 1 is 0.388 bits per heavy atom. The summed E-state index contributed by atoms with van der Waals surface area (Å²) in [7, 11) is -9.48. The first-order chi connectivity index (χ1) is 23.1. The van der Waals surface area contributed by atoms with Gasteiger partial charge in [0.15, 0.2) is 0 Å². The summed E-state index contributed by atoms with van der Waals surface area (Å²) in [5.74, 6) is 1.32. The molecule has 0 unspecified atom stereocenters. The summed E-state index contributed by atoms with van der Waals surface area (Å²) in [6, 6.07) is 27.8. The maximum absolute atomic E-state index is 14.7. The highest BCUT2D eigenvalue weighted by Gasteiger charge is 2.47. The average molecular weight is 705 g/mol. The van der Waals surface area contributed by atoms with Crippen LogP contribution in [-0.4, -0.2) is 10.2 Å². The van der Waals surface area contributed by atoms with Crippen LogP contribution in [-0.2, 0) is 13.4 Å². The van der Waals surface area contributed by atoms with Crippen LogP contribution in [0.25, 0.3) is 0 Å². The highest BCUT2D eigenvalue weighted by Crippen LogP contribution is 2.66. The van der Waals surface area contributed by atoms with Gasteiger partial charge in [0.25, 0.3) is 0 Å². The van der Waals surface area contributed by atoms with Gasteiger partial charge in [0.1, 0.15) is 34.5 Å². The van der Waals surface area contributed by atoms with Gasteiger partial charge in [0.2, 0.25) is 0 Å². The fourth-order valence-electron chi connectivity index (χ4n) is 4.94. The molecule has 258 valence electrons. The fourth-order valence-corrected chi connectivity index (χ4v) is 8.57. The van der Waals surface area contributed by atoms with E-state index in [-0.39, 0.29) is 34.5 Å². The zero-order valence-electron chi connectivity index (χ0n) is 28.9. The molecule has 0 radical (unpaired) electrons. The van der Waals surface area contributed by atoms with Crippen molar-refractivity contribution < 1.29 is 41.7 Å². The molecule has 5 aromatic rings. The number of aromatic hydroxyl groups is 2. The standard InChI is InChI=1S/C32H36O7P2.C6H6O2/c1-21-13-9-14-22(2)29(21)35-40(33,36-30-23(3)15-10-16-24(30)4)39-41(34,37-31-25(5)17-11-18-26(31)6)38-32-27(7)19-12-20-28(32)8;7-5-2-1-3-6(8)4-5/h9-20H,1-8H3;1-4,7-8H. The molecule has 0 spiro atoms. The molecule has 5 rings (SSSR count). The number of hydrogen-bond donors (Lipinski definition) is 2. The van der Waals surface area contributed by atoms with E-state index >= 15 is 0 Å². The number of phosphoric ester groups is 2. The SMILES string of the molecule is Cc1cccc(C)c1OP(=O)(Oc1c(C)cccc1C)OP(=O)(Oc1c(C)cccc1C)Oc1c(C)cccc1C.Oc1cccc(O)c1. The third kappa shape index (κ3) is 9.70. The molecular weight excluding hydrogens is 662 g/mol. The minimum absolute atomic E-state index is 0.0880. The van der Waals surface area contributed by atoms with Crippen molar-refractivity contribution in [2.24, 2.45) is 0 Å². The molecule has 0 amide bonds. The van der Waals surface area contributed by atoms with Gasteiger partial charge in [-0.25, -0.2) is 9.13 Å². The van der Waals surface area contributed by atoms with Crippen LogP contribution in [0, 0.1) is 55.4 Å². The van der Waals surface area contributed by atoms with E-state index in [0.717, 1.165) is 0 Å². The number of para-hydroxylation sites is 4. The number of phenolic OH excluding ortho intramolecular Hbond substituents is 2. The van der Waals surface area contributed by atoms with Crippen LogP contribution in [0.3, 0.4) is 0 Å². The third-order valence-corrected chi connectivity index (χ3v) is 10.7. The molecular formula is C38H42O9P2. The Morgan fingerprint density at radius 3 is 0.776 bits per heavy atom. The summed E-state index contributed by atoms with van der Waals surface area (Å²) < 4.78 is 59.5. The molecule has 5 aromatic carbocycles. The average Bonchev–Trinajstić information content (AvgIpc) is 3.01. The molecule has 0 bridgehead atoms. The van der Waals surface area contributed by atoms with Gasteiger partial charge in [-0.3, -0.25) is 0 Å². The minimum Gasteiger partial charge on any atom is -0.508 e. The van der Waals surface area contributed by atoms with Gasteiger partial charge < -0.3 is 28.3 Å². The van der Waals surface area contributed by atoms with Crippen LogP contribution in [0.15, 0.2) is 97.1 Å². The molecule has 0 atom stereocenters. The summed E-state index contributed by atoms with van der Waals surface area (Å²) in [6.07, 6.45) is 0. The van der Waals surface area contributed by atoms with Crippen molar-refractivity contribution in [2.75, 3.05) is 0 Å². The lowest BCUT2D eigenvalue weighted by molar-refractivity contribution is 0.240. The number of benzene rings is 5. The third-order valence-electron chi connectivity index (χ3n) is 7.48. The van der Waals surface area contributed by atoms with Crippen molar-refractivity contribution in [3.8, 4) is 34.5 Å². The lowest BCUT2D eigenvalue weighted by Gasteiger charge is -2.27. The Bertz CT molecular complexity index is 1700. The van der Waals surface area contributed by atoms with E-state index in [0.29, 0.717) is 44.5 Å². The Morgan fingerprint density at radius 2 is 0.592 bits per heavy atom. The Kier molecular flexibility index (Phi) is 11.9. The van der Waals surface area contributed by atoms with Crippen molar-refractivity contribution in [3.05, 3.63) is 142 Å². The maximum atomic E-state index is 14.7. The van der Waals surface area contributed by atoms with E-state index in [2.05, 4.69) is 0 Å². The first-order valence-electron chi connectivity index (χ1n) is 15.5. The Balaban J connectivity index is 0.000000592. The normalized spacial score (nSPS) is 11.3. The molecule has 0 aliphatic rings. The summed E-state index contributed by atoms with van der Waals surface area (Å²) in [5.41, 5.74) is 5.56. The molecule has 0 heterocycles. The lowest BCUT2D eigenvalue weighted by Crippen LogP contribution is -2.13. The first-order valence-corrected chi connectivity index (χ1v) is 18.4. The van der Waals surface area contributed by atoms with Gasteiger partial charge in [-0.15, -0.1) is 4.31 Å². The van der Waals surface area contributed by atoms with Crippen molar-refractivity contribution in [2.45, 2.75) is 55.4 Å². The summed E-state index contributed by atoms with van der Waals surface area (Å²) in [4.78, 5) is 0. The summed E-state index contributed by atoms with van der Waals surface area (Å²) in [6.45, 7) is 14.5. The predicted octanol–water partition coefficient (Wildman–Crippen LogP) is 11.1. The van der Waals surface area contributed by atoms with Gasteiger partial charge in [-0.1, -0.05) is 78.9 Å². The summed E-state index contributed by atoms with van der Waals surface area (Å²) in [5, 5.41) is 17.3. The Labute approximate surface area is 288 Å². The zero-order valence-corrected chi connectivity index (χ0v) is 30.7. The molecule has 0 aliphatic heterocycles. The number of aryl methyl sites for hydroxylation is 8. The molecule has 0 aromatic heterocycles. The van der Waals surface area contributed by atoms with Gasteiger partial charge in [0, 0.05) is 6.07 Å². The second-order valence-electron chi connectivity index (χ2n) is 11.7. The minimum atomic E-state index is -4.74. The predicted molar refractivity (Wildman–Crippen MR) is 192 cm³/mol. The van der Waals surface area contributed by atoms with Crippen LogP contribution in [0.5, 0.6) is 34.5 Å². The van der Waals surface area contributed by atoms with Crippen molar-refractivity contribution in [1.82, 2.24) is 0 Å². The molecule has 9 nitrogen and oxygen atoms in total. The van der Waals surface area contributed by atoms with E-state index in [1.807, 2.05) is 128 Å². The lowest BCUT2D eigenvalue weighted by atomic mass is 10.1. The molecule has 0 fully saturated rings. The molecule has 0 saturated heterocycles. The highest BCUT2D eigenvalue weighted by molar-refractivity contribution is 7.63. The number of phenols is 2. The van der Waals surface area contributed by atoms with Gasteiger partial charge in [-0.2, -0.15) is 0 Å². The van der Waals surface area contributed by atoms with Crippen LogP contribution < -0.4 is 18.1 Å². The summed E-state index contributed by atoms with van der Waals surface area (Å²) >= 11 is 0. The molecule has 49 heavy (non-hydrogen) atoms. The van der Waals surface area contributed by atoms with Crippen molar-refractivity contribution in [1.29, 1.82) is 0 Å². The highest BCUT2D eigenvalue weighted by atomic mass is 31.3. The van der Waals surface area contributed by atoms with Crippen molar-refractivity contribution in [3.63, 3.8) is 0 Å². The van der Waals surface area contributed by atoms with Crippen LogP contribution in [0.1, 0.15) is 44.5 Å². The second kappa shape index (κ2) is 15.7. The Hall–Kier alpha value is -4.68. The van der Waals surface area contributed by atoms with E-state index in [1.165, 1.54) is 18.2 Å². The van der Waals surface area contributed by atoms with E-state index in [1.54, 1.807) is 6.07 Å². The fraction of sp³-hybridized carbons (Fsp3) is 0.211. The van der Waals surface area contributed by atoms with E-state index in [4.69, 9.17) is 32.6 Å². The molecule has 0 saturated carbocycles. The smallest absolute Gasteiger partial charge is 0.508 e. The molecule has 0 aliphatic carbocycles. The zero-order chi connectivity index (χ0) is 35.9. The number of phosphoric acid groups is 2. The topological polar surface area (TPSA) is 121 Å². The van der Waals surface area contributed by atoms with Crippen LogP contribution >= 0.6 is 15.6 Å². The number of hydrogen-bond acceptors (Lipinski definition) is 9. The molecule has 11 heteroatoms. The maximum Gasteiger partial charge on any atom is 0.598 e. The quantitative estimate of drug-likeness (QED) is 0.137. The second-order valence-corrected chi connectivity index (χ2v) is 14.9.